The number of carbonyl (C=O) groups excluding carboxylic acids is 1. The number of amides is 1. The highest BCUT2D eigenvalue weighted by atomic mass is 79.9. The molecular weight excluding hydrogens is 512 g/mol. The van der Waals surface area contributed by atoms with E-state index in [2.05, 4.69) is 100.0 Å². The average Bonchev–Trinajstić information content (AvgIpc) is 2.84. The summed E-state index contributed by atoms with van der Waals surface area (Å²) in [6.07, 6.45) is 3.95. The van der Waals surface area contributed by atoms with Crippen molar-refractivity contribution in [3.8, 4) is 0 Å². The highest BCUT2D eigenvalue weighted by molar-refractivity contribution is 9.24. The molecule has 1 saturated heterocycles. The van der Waals surface area contributed by atoms with E-state index in [9.17, 15) is 4.79 Å². The summed E-state index contributed by atoms with van der Waals surface area (Å²) in [6.45, 7) is 13.4. The van der Waals surface area contributed by atoms with E-state index >= 15 is 0 Å². The first-order chi connectivity index (χ1) is 11.2. The van der Waals surface area contributed by atoms with Gasteiger partial charge in [-0.15, -0.1) is 0 Å². The Morgan fingerprint density at radius 3 is 1.96 bits per heavy atom. The van der Waals surface area contributed by atoms with E-state index in [1.54, 1.807) is 0 Å². The summed E-state index contributed by atoms with van der Waals surface area (Å²) in [6, 6.07) is 0.225. The van der Waals surface area contributed by atoms with Crippen molar-refractivity contribution in [1.82, 2.24) is 10.6 Å². The number of nitrogens with one attached hydrogen (secondary N) is 2. The zero-order valence-electron chi connectivity index (χ0n) is 16.1. The predicted molar refractivity (Wildman–Crippen MR) is 115 cm³/mol. The second-order valence-corrected chi connectivity index (χ2v) is 14.2. The minimum atomic E-state index is -0.314. The number of hydrogen-bond acceptors (Lipinski definition) is 2. The Hall–Kier alpha value is 0.870. The molecule has 1 heterocycles. The third kappa shape index (κ3) is 2.66. The summed E-state index contributed by atoms with van der Waals surface area (Å²) >= 11 is 11.4. The van der Waals surface area contributed by atoms with Gasteiger partial charge in [-0.1, -0.05) is 61.6 Å². The fourth-order valence-corrected chi connectivity index (χ4v) is 11.4. The molecule has 4 aliphatic rings. The van der Waals surface area contributed by atoms with Crippen LogP contribution in [-0.2, 0) is 4.79 Å². The van der Waals surface area contributed by atoms with Crippen molar-refractivity contribution in [2.45, 2.75) is 92.9 Å². The first-order valence-corrected chi connectivity index (χ1v) is 12.0. The molecule has 3 saturated carbocycles. The summed E-state index contributed by atoms with van der Waals surface area (Å²) in [5, 5.41) is 7.15. The van der Waals surface area contributed by atoms with E-state index in [-0.39, 0.29) is 47.8 Å². The molecule has 1 aliphatic heterocycles. The molecule has 0 aromatic carbocycles. The van der Waals surface area contributed by atoms with Crippen molar-refractivity contribution < 1.29 is 4.79 Å². The third-order valence-corrected chi connectivity index (χ3v) is 10.6. The lowest BCUT2D eigenvalue weighted by molar-refractivity contribution is -0.162. The van der Waals surface area contributed by atoms with Crippen LogP contribution in [0.5, 0.6) is 0 Å². The number of alkyl halides is 3. The lowest BCUT2D eigenvalue weighted by Gasteiger charge is -2.66. The summed E-state index contributed by atoms with van der Waals surface area (Å²) < 4.78 is 0.215. The number of fused-ring (bicyclic) bond motifs is 1. The van der Waals surface area contributed by atoms with Crippen LogP contribution in [-0.4, -0.2) is 31.6 Å². The van der Waals surface area contributed by atoms with Crippen molar-refractivity contribution in [3.63, 3.8) is 0 Å². The summed E-state index contributed by atoms with van der Waals surface area (Å²) in [4.78, 5) is 13.7. The van der Waals surface area contributed by atoms with Gasteiger partial charge in [-0.05, 0) is 58.8 Å². The molecule has 0 spiro atoms. The Labute approximate surface area is 177 Å². The molecule has 2 N–H and O–H groups in total. The molecule has 2 bridgehead atoms. The Morgan fingerprint density at radius 1 is 1.04 bits per heavy atom. The second-order valence-electron chi connectivity index (χ2n) is 10.3. The fraction of sp³-hybridized carbons (Fsp3) is 0.947. The van der Waals surface area contributed by atoms with Gasteiger partial charge < -0.3 is 10.6 Å². The minimum absolute atomic E-state index is 0.0382. The van der Waals surface area contributed by atoms with Crippen molar-refractivity contribution in [2.24, 2.45) is 16.2 Å². The van der Waals surface area contributed by atoms with Crippen molar-refractivity contribution in [3.05, 3.63) is 0 Å². The molecule has 3 aliphatic carbocycles. The van der Waals surface area contributed by atoms with Crippen LogP contribution < -0.4 is 10.6 Å². The first-order valence-electron chi connectivity index (χ1n) is 9.24. The highest BCUT2D eigenvalue weighted by Gasteiger charge is 2.83. The zero-order chi connectivity index (χ0) is 19.1. The van der Waals surface area contributed by atoms with E-state index in [1.165, 1.54) is 0 Å². The van der Waals surface area contributed by atoms with Gasteiger partial charge in [-0.2, -0.15) is 0 Å². The van der Waals surface area contributed by atoms with E-state index in [0.29, 0.717) is 0 Å². The molecule has 3 unspecified atom stereocenters. The lowest BCUT2D eigenvalue weighted by atomic mass is 9.43. The summed E-state index contributed by atoms with van der Waals surface area (Å²) in [7, 11) is 0. The van der Waals surface area contributed by atoms with Crippen molar-refractivity contribution in [2.75, 3.05) is 0 Å². The van der Waals surface area contributed by atoms with Gasteiger partial charge in [0.25, 0.3) is 0 Å². The van der Waals surface area contributed by atoms with Gasteiger partial charge in [0.2, 0.25) is 5.91 Å². The van der Waals surface area contributed by atoms with Crippen LogP contribution >= 0.6 is 47.8 Å². The highest BCUT2D eigenvalue weighted by Crippen LogP contribution is 2.82. The standard InChI is InChI=1S/C19H31Br3N2O/c1-15(2)9-11(10-16(3,4)24-15)23-14(25)19-8-7-18(12(19)20,13(21)22)17(19,5)6/h11-13,24H,7-10H2,1-6H3,(H,23,25). The number of carbonyl (C=O) groups is 1. The molecule has 4 rings (SSSR count). The minimum Gasteiger partial charge on any atom is -0.353 e. The molecular formula is C19H31Br3N2O. The maximum Gasteiger partial charge on any atom is 0.228 e. The zero-order valence-corrected chi connectivity index (χ0v) is 20.9. The Kier molecular flexibility index (Phi) is 4.89. The van der Waals surface area contributed by atoms with Gasteiger partial charge in [0.1, 0.15) is 0 Å². The number of piperidine rings is 1. The van der Waals surface area contributed by atoms with E-state index in [0.717, 1.165) is 25.7 Å². The maximum atomic E-state index is 13.5. The fourth-order valence-electron chi connectivity index (χ4n) is 6.44. The largest absolute Gasteiger partial charge is 0.353 e. The van der Waals surface area contributed by atoms with Gasteiger partial charge >= 0.3 is 0 Å². The smallest absolute Gasteiger partial charge is 0.228 e. The van der Waals surface area contributed by atoms with Crippen LogP contribution in [0.25, 0.3) is 0 Å². The monoisotopic (exact) mass is 540 g/mol. The van der Waals surface area contributed by atoms with Crippen LogP contribution in [0.4, 0.5) is 0 Å². The Bertz CT molecular complexity index is 573. The molecule has 3 nitrogen and oxygen atoms in total. The molecule has 144 valence electrons. The average molecular weight is 543 g/mol. The van der Waals surface area contributed by atoms with E-state index in [1.807, 2.05) is 0 Å². The van der Waals surface area contributed by atoms with Crippen molar-refractivity contribution >= 4 is 53.7 Å². The van der Waals surface area contributed by atoms with Crippen LogP contribution in [0.2, 0.25) is 0 Å². The van der Waals surface area contributed by atoms with Gasteiger partial charge in [0, 0.05) is 27.4 Å². The summed E-state index contributed by atoms with van der Waals surface area (Å²) in [5.74, 6) is 0.242. The number of hydrogen-bond donors (Lipinski definition) is 2. The molecule has 0 aromatic rings. The molecule has 25 heavy (non-hydrogen) atoms. The lowest BCUT2D eigenvalue weighted by Crippen LogP contribution is -2.73. The van der Waals surface area contributed by atoms with E-state index < -0.39 is 0 Å². The molecule has 0 radical (unpaired) electrons. The van der Waals surface area contributed by atoms with Crippen LogP contribution in [0.3, 0.4) is 0 Å². The second kappa shape index (κ2) is 5.93. The Balaban J connectivity index is 1.81. The first kappa shape index (κ1) is 20.6. The molecule has 3 atom stereocenters. The van der Waals surface area contributed by atoms with Gasteiger partial charge in [-0.25, -0.2) is 0 Å². The van der Waals surface area contributed by atoms with Crippen LogP contribution in [0.1, 0.15) is 67.2 Å². The molecule has 6 heteroatoms. The van der Waals surface area contributed by atoms with Gasteiger partial charge in [-0.3, -0.25) is 4.79 Å². The Morgan fingerprint density at radius 2 is 1.56 bits per heavy atom. The normalized spacial score (nSPS) is 41.4. The van der Waals surface area contributed by atoms with Crippen LogP contribution in [0, 0.1) is 16.2 Å². The molecule has 0 aromatic heterocycles. The molecule has 4 fully saturated rings. The SMILES string of the molecule is CC1(C)CC(NC(=O)C23CCC(C(Br)Br)(C2Br)C3(C)C)CC(C)(C)N1. The number of rotatable bonds is 3. The van der Waals surface area contributed by atoms with Gasteiger partial charge in [0.05, 0.1) is 9.15 Å². The van der Waals surface area contributed by atoms with E-state index in [4.69, 9.17) is 0 Å². The van der Waals surface area contributed by atoms with Crippen LogP contribution in [0.15, 0.2) is 0 Å². The topological polar surface area (TPSA) is 41.1 Å². The predicted octanol–water partition coefficient (Wildman–Crippen LogP) is 5.10. The molecule has 1 amide bonds. The van der Waals surface area contributed by atoms with Gasteiger partial charge in [0.15, 0.2) is 0 Å². The summed E-state index contributed by atoms with van der Waals surface area (Å²) in [5.41, 5.74) is -0.204. The third-order valence-electron chi connectivity index (χ3n) is 7.42. The maximum absolute atomic E-state index is 13.5. The quantitative estimate of drug-likeness (QED) is 0.487. The van der Waals surface area contributed by atoms with Crippen molar-refractivity contribution in [1.29, 1.82) is 0 Å². The number of halogens is 3.